The monoisotopic (exact) mass is 237 g/mol. The van der Waals surface area contributed by atoms with Crippen LogP contribution in [0.5, 0.6) is 0 Å². The summed E-state index contributed by atoms with van der Waals surface area (Å²) in [6, 6.07) is 0. The highest BCUT2D eigenvalue weighted by Crippen LogP contribution is 2.33. The van der Waals surface area contributed by atoms with Crippen LogP contribution in [-0.4, -0.2) is 17.5 Å². The van der Waals surface area contributed by atoms with Crippen LogP contribution in [0.25, 0.3) is 0 Å². The topological polar surface area (TPSA) is 43.1 Å². The minimum Gasteiger partial charge on any atom is -0.319 e. The molecule has 0 spiro atoms. The highest BCUT2D eigenvalue weighted by atomic mass is 19.4. The van der Waals surface area contributed by atoms with E-state index in [-0.39, 0.29) is 0 Å². The molecule has 2 nitrogen and oxygen atoms in total. The van der Waals surface area contributed by atoms with E-state index in [4.69, 9.17) is 5.73 Å². The average molecular weight is 237 g/mol. The highest BCUT2D eigenvalue weighted by molar-refractivity contribution is 5.88. The van der Waals surface area contributed by atoms with Crippen molar-refractivity contribution in [1.29, 1.82) is 0 Å². The molecule has 0 saturated heterocycles. The van der Waals surface area contributed by atoms with Gasteiger partial charge in [0.05, 0.1) is 12.0 Å². The number of ketones is 1. The van der Waals surface area contributed by atoms with E-state index in [2.05, 4.69) is 0 Å². The predicted octanol–water partition coefficient (Wildman–Crippen LogP) is 2.81. The highest BCUT2D eigenvalue weighted by Gasteiger charge is 2.39. The lowest BCUT2D eigenvalue weighted by atomic mass is 9.74. The lowest BCUT2D eigenvalue weighted by Gasteiger charge is -2.35. The van der Waals surface area contributed by atoms with Crippen LogP contribution in [0.15, 0.2) is 0 Å². The van der Waals surface area contributed by atoms with Crippen molar-refractivity contribution in [3.8, 4) is 0 Å². The Balaban J connectivity index is 2.52. The van der Waals surface area contributed by atoms with Crippen LogP contribution in [0.4, 0.5) is 13.2 Å². The van der Waals surface area contributed by atoms with Gasteiger partial charge in [0, 0.05) is 6.42 Å². The van der Waals surface area contributed by atoms with Gasteiger partial charge in [-0.15, -0.1) is 0 Å². The Hall–Kier alpha value is -0.580. The second kappa shape index (κ2) is 4.73. The van der Waals surface area contributed by atoms with Gasteiger partial charge in [0.15, 0.2) is 5.78 Å². The average Bonchev–Trinajstić information content (AvgIpc) is 2.12. The summed E-state index contributed by atoms with van der Waals surface area (Å²) in [6.45, 7) is 1.98. The Morgan fingerprint density at radius 2 is 2.12 bits per heavy atom. The molecule has 1 aliphatic carbocycles. The first kappa shape index (κ1) is 13.5. The molecule has 0 aromatic carbocycles. The van der Waals surface area contributed by atoms with E-state index in [0.717, 1.165) is 12.8 Å². The van der Waals surface area contributed by atoms with Crippen molar-refractivity contribution in [1.82, 2.24) is 0 Å². The molecule has 1 fully saturated rings. The fourth-order valence-corrected chi connectivity index (χ4v) is 2.35. The van der Waals surface area contributed by atoms with Gasteiger partial charge >= 0.3 is 6.18 Å². The van der Waals surface area contributed by atoms with Gasteiger partial charge in [0.25, 0.3) is 0 Å². The van der Waals surface area contributed by atoms with E-state index < -0.39 is 30.3 Å². The first-order valence-corrected chi connectivity index (χ1v) is 5.62. The number of nitrogens with two attached hydrogens (primary N) is 1. The fourth-order valence-electron chi connectivity index (χ4n) is 2.35. The second-order valence-corrected chi connectivity index (χ2v) is 4.90. The number of rotatable bonds is 3. The van der Waals surface area contributed by atoms with Crippen molar-refractivity contribution < 1.29 is 18.0 Å². The van der Waals surface area contributed by atoms with Gasteiger partial charge in [-0.2, -0.15) is 13.2 Å². The number of Topliss-reactive ketones (excluding diaryl/α,β-unsaturated/α-hetero) is 1. The van der Waals surface area contributed by atoms with Crippen LogP contribution in [0.2, 0.25) is 0 Å². The maximum Gasteiger partial charge on any atom is 0.389 e. The zero-order chi connectivity index (χ0) is 12.4. The summed E-state index contributed by atoms with van der Waals surface area (Å²) in [7, 11) is 0. The number of halogens is 3. The third kappa shape index (κ3) is 3.77. The number of carbonyl (C=O) groups is 1. The Bertz CT molecular complexity index is 264. The van der Waals surface area contributed by atoms with Gasteiger partial charge in [-0.1, -0.05) is 19.8 Å². The molecule has 2 N–H and O–H groups in total. The molecular weight excluding hydrogens is 219 g/mol. The lowest BCUT2D eigenvalue weighted by Crippen LogP contribution is -2.51. The molecule has 16 heavy (non-hydrogen) atoms. The molecule has 0 aliphatic heterocycles. The van der Waals surface area contributed by atoms with E-state index in [1.165, 1.54) is 0 Å². The first-order chi connectivity index (χ1) is 7.23. The summed E-state index contributed by atoms with van der Waals surface area (Å²) >= 11 is 0. The van der Waals surface area contributed by atoms with Crippen molar-refractivity contribution in [2.45, 2.75) is 57.2 Å². The van der Waals surface area contributed by atoms with E-state index in [0.29, 0.717) is 18.8 Å². The van der Waals surface area contributed by atoms with Gasteiger partial charge in [0.1, 0.15) is 0 Å². The summed E-state index contributed by atoms with van der Waals surface area (Å²) in [5, 5.41) is 0. The minimum absolute atomic E-state index is 0.327. The van der Waals surface area contributed by atoms with Gasteiger partial charge < -0.3 is 5.73 Å². The third-order valence-corrected chi connectivity index (χ3v) is 3.22. The first-order valence-electron chi connectivity index (χ1n) is 5.62. The SMILES string of the molecule is CC1CCCC(N)(C(=O)CCC(F)(F)F)C1. The summed E-state index contributed by atoms with van der Waals surface area (Å²) in [6.07, 6.45) is -2.93. The van der Waals surface area contributed by atoms with E-state index in [1.807, 2.05) is 6.92 Å². The van der Waals surface area contributed by atoms with Gasteiger partial charge in [-0.05, 0) is 18.8 Å². The van der Waals surface area contributed by atoms with Crippen LogP contribution in [0.3, 0.4) is 0 Å². The minimum atomic E-state index is -4.27. The Morgan fingerprint density at radius 3 is 2.62 bits per heavy atom. The van der Waals surface area contributed by atoms with E-state index >= 15 is 0 Å². The number of carbonyl (C=O) groups excluding carboxylic acids is 1. The van der Waals surface area contributed by atoms with Crippen LogP contribution in [0, 0.1) is 5.92 Å². The second-order valence-electron chi connectivity index (χ2n) is 4.90. The number of hydrogen-bond acceptors (Lipinski definition) is 2. The van der Waals surface area contributed by atoms with Crippen molar-refractivity contribution >= 4 is 5.78 Å². The normalized spacial score (nSPS) is 31.4. The van der Waals surface area contributed by atoms with Gasteiger partial charge in [0.2, 0.25) is 0 Å². The molecule has 2 unspecified atom stereocenters. The fraction of sp³-hybridized carbons (Fsp3) is 0.909. The predicted molar refractivity (Wildman–Crippen MR) is 54.8 cm³/mol. The van der Waals surface area contributed by atoms with Gasteiger partial charge in [-0.25, -0.2) is 0 Å². The summed E-state index contributed by atoms with van der Waals surface area (Å²) in [4.78, 5) is 11.7. The quantitative estimate of drug-likeness (QED) is 0.820. The number of alkyl halides is 3. The van der Waals surface area contributed by atoms with E-state index in [9.17, 15) is 18.0 Å². The molecule has 1 saturated carbocycles. The number of hydrogen-bond donors (Lipinski definition) is 1. The van der Waals surface area contributed by atoms with Crippen LogP contribution in [0.1, 0.15) is 45.4 Å². The Kier molecular flexibility index (Phi) is 3.99. The molecule has 2 atom stereocenters. The molecule has 0 heterocycles. The molecular formula is C11H18F3NO. The van der Waals surface area contributed by atoms with Crippen LogP contribution >= 0.6 is 0 Å². The third-order valence-electron chi connectivity index (χ3n) is 3.22. The standard InChI is InChI=1S/C11H18F3NO/c1-8-3-2-5-10(15,7-8)9(16)4-6-11(12,13)14/h8H,2-7,15H2,1H3. The van der Waals surface area contributed by atoms with Crippen LogP contribution < -0.4 is 5.73 Å². The molecule has 0 aromatic rings. The Morgan fingerprint density at radius 1 is 1.50 bits per heavy atom. The summed E-state index contributed by atoms with van der Waals surface area (Å²) in [5.41, 5.74) is 4.89. The smallest absolute Gasteiger partial charge is 0.319 e. The maximum absolute atomic E-state index is 12.0. The van der Waals surface area contributed by atoms with Crippen LogP contribution in [-0.2, 0) is 4.79 Å². The molecule has 0 aromatic heterocycles. The molecule has 94 valence electrons. The van der Waals surface area contributed by atoms with Crippen molar-refractivity contribution in [2.75, 3.05) is 0 Å². The molecule has 1 aliphatic rings. The zero-order valence-corrected chi connectivity index (χ0v) is 9.44. The molecule has 0 radical (unpaired) electrons. The molecule has 1 rings (SSSR count). The summed E-state index contributed by atoms with van der Waals surface area (Å²) in [5.74, 6) is -0.107. The van der Waals surface area contributed by atoms with Crippen molar-refractivity contribution in [3.05, 3.63) is 0 Å². The van der Waals surface area contributed by atoms with Crippen molar-refractivity contribution in [3.63, 3.8) is 0 Å². The lowest BCUT2D eigenvalue weighted by molar-refractivity contribution is -0.146. The van der Waals surface area contributed by atoms with E-state index in [1.54, 1.807) is 0 Å². The Labute approximate surface area is 93.4 Å². The zero-order valence-electron chi connectivity index (χ0n) is 9.44. The molecule has 5 heteroatoms. The van der Waals surface area contributed by atoms with Gasteiger partial charge in [-0.3, -0.25) is 4.79 Å². The maximum atomic E-state index is 12.0. The molecule has 0 bridgehead atoms. The largest absolute Gasteiger partial charge is 0.389 e. The molecule has 0 amide bonds. The van der Waals surface area contributed by atoms with Crippen molar-refractivity contribution in [2.24, 2.45) is 11.7 Å². The summed E-state index contributed by atoms with van der Waals surface area (Å²) < 4.78 is 36.0.